The first-order valence-corrected chi connectivity index (χ1v) is 9.69. The van der Waals surface area contributed by atoms with E-state index in [2.05, 4.69) is 22.3 Å². The van der Waals surface area contributed by atoms with Crippen molar-refractivity contribution < 1.29 is 8.42 Å². The van der Waals surface area contributed by atoms with E-state index in [1.165, 1.54) is 0 Å². The number of hydrogen-bond acceptors (Lipinski definition) is 5. The summed E-state index contributed by atoms with van der Waals surface area (Å²) in [5.74, 6) is 2.08. The van der Waals surface area contributed by atoms with Crippen molar-refractivity contribution in [3.63, 3.8) is 0 Å². The number of nitrogens with zero attached hydrogens (tertiary/aromatic N) is 3. The molecule has 1 atom stereocenters. The molecule has 0 aliphatic carbocycles. The maximum Gasteiger partial charge on any atom is 0.178 e. The first-order chi connectivity index (χ1) is 11.0. The topological polar surface area (TPSA) is 76.9 Å². The van der Waals surface area contributed by atoms with Crippen LogP contribution in [0.1, 0.15) is 31.9 Å². The fourth-order valence-electron chi connectivity index (χ4n) is 2.79. The molecule has 0 saturated heterocycles. The van der Waals surface area contributed by atoms with E-state index in [1.807, 2.05) is 16.8 Å². The Balaban J connectivity index is 1.68. The highest BCUT2D eigenvalue weighted by Crippen LogP contribution is 2.20. The van der Waals surface area contributed by atoms with Gasteiger partial charge >= 0.3 is 0 Å². The summed E-state index contributed by atoms with van der Waals surface area (Å²) in [7, 11) is -3.14. The molecule has 1 unspecified atom stereocenters. The molecule has 1 N–H and O–H groups in total. The van der Waals surface area contributed by atoms with Gasteiger partial charge in [0.05, 0.1) is 17.2 Å². The van der Waals surface area contributed by atoms with Gasteiger partial charge in [0.25, 0.3) is 0 Å². The van der Waals surface area contributed by atoms with E-state index in [0.29, 0.717) is 4.90 Å². The van der Waals surface area contributed by atoms with Crippen LogP contribution < -0.4 is 5.32 Å². The van der Waals surface area contributed by atoms with Crippen LogP contribution in [0.15, 0.2) is 29.2 Å². The van der Waals surface area contributed by atoms with Gasteiger partial charge in [-0.1, -0.05) is 13.8 Å². The lowest BCUT2D eigenvalue weighted by atomic mass is 10.1. The molecule has 3 rings (SSSR count). The van der Waals surface area contributed by atoms with Gasteiger partial charge in [-0.15, -0.1) is 0 Å². The van der Waals surface area contributed by atoms with Crippen LogP contribution in [0, 0.1) is 0 Å². The first-order valence-electron chi connectivity index (χ1n) is 8.03. The lowest BCUT2D eigenvalue weighted by molar-refractivity contribution is 0.440. The van der Waals surface area contributed by atoms with Gasteiger partial charge in [-0.3, -0.25) is 0 Å². The molecule has 0 bridgehead atoms. The van der Waals surface area contributed by atoms with Crippen molar-refractivity contribution in [1.29, 1.82) is 0 Å². The molecule has 1 aromatic carbocycles. The molecule has 2 heterocycles. The lowest BCUT2D eigenvalue weighted by Gasteiger charge is -2.24. The van der Waals surface area contributed by atoms with Crippen LogP contribution in [-0.4, -0.2) is 35.0 Å². The predicted molar refractivity (Wildman–Crippen MR) is 89.3 cm³/mol. The highest BCUT2D eigenvalue weighted by molar-refractivity contribution is 7.91. The number of benzene rings is 1. The molecule has 2 aromatic rings. The minimum Gasteiger partial charge on any atom is -0.380 e. The average molecular weight is 334 g/mol. The van der Waals surface area contributed by atoms with Crippen LogP contribution >= 0.6 is 0 Å². The van der Waals surface area contributed by atoms with E-state index in [-0.39, 0.29) is 11.8 Å². The fourth-order valence-corrected chi connectivity index (χ4v) is 3.67. The number of fused-ring (bicyclic) bond motifs is 1. The normalized spacial score (nSPS) is 17.7. The molecule has 0 radical (unpaired) electrons. The van der Waals surface area contributed by atoms with Crippen molar-refractivity contribution in [3.05, 3.63) is 35.9 Å². The van der Waals surface area contributed by atoms with Crippen LogP contribution in [0.2, 0.25) is 0 Å². The molecule has 0 saturated carbocycles. The standard InChI is InChI=1S/C16H22N4O2S/c1-3-15-18-16-10-7-13(11-20(16)19-15)17-12-5-8-14(9-6-12)23(21,22)4-2/h5-6,8-9,13,17H,3-4,7,10-11H2,1-2H3. The molecule has 1 aromatic heterocycles. The Morgan fingerprint density at radius 1 is 1.26 bits per heavy atom. The van der Waals surface area contributed by atoms with Crippen LogP contribution in [0.4, 0.5) is 5.69 Å². The Hall–Kier alpha value is -1.89. The van der Waals surface area contributed by atoms with Gasteiger partial charge in [0.2, 0.25) is 0 Å². The van der Waals surface area contributed by atoms with Crippen LogP contribution in [-0.2, 0) is 29.2 Å². The summed E-state index contributed by atoms with van der Waals surface area (Å²) >= 11 is 0. The van der Waals surface area contributed by atoms with Crippen LogP contribution in [0.25, 0.3) is 0 Å². The molecule has 0 spiro atoms. The summed E-state index contributed by atoms with van der Waals surface area (Å²) in [6.07, 6.45) is 2.76. The minimum atomic E-state index is -3.14. The molecular formula is C16H22N4O2S. The quantitative estimate of drug-likeness (QED) is 0.906. The molecule has 0 fully saturated rings. The molecule has 23 heavy (non-hydrogen) atoms. The Morgan fingerprint density at radius 2 is 2.00 bits per heavy atom. The van der Waals surface area contributed by atoms with Crippen molar-refractivity contribution >= 4 is 15.5 Å². The zero-order valence-corrected chi connectivity index (χ0v) is 14.3. The summed E-state index contributed by atoms with van der Waals surface area (Å²) in [5.41, 5.74) is 0.935. The number of nitrogens with one attached hydrogen (secondary N) is 1. The van der Waals surface area contributed by atoms with Crippen molar-refractivity contribution in [2.45, 2.75) is 50.6 Å². The van der Waals surface area contributed by atoms with Crippen molar-refractivity contribution in [2.24, 2.45) is 0 Å². The van der Waals surface area contributed by atoms with E-state index in [9.17, 15) is 8.42 Å². The zero-order valence-electron chi connectivity index (χ0n) is 13.5. The monoisotopic (exact) mass is 334 g/mol. The van der Waals surface area contributed by atoms with Gasteiger partial charge < -0.3 is 5.32 Å². The third-order valence-electron chi connectivity index (χ3n) is 4.18. The lowest BCUT2D eigenvalue weighted by Crippen LogP contribution is -2.31. The van der Waals surface area contributed by atoms with Crippen LogP contribution in [0.5, 0.6) is 0 Å². The van der Waals surface area contributed by atoms with Crippen molar-refractivity contribution in [1.82, 2.24) is 14.8 Å². The number of hydrogen-bond donors (Lipinski definition) is 1. The third-order valence-corrected chi connectivity index (χ3v) is 5.93. The summed E-state index contributed by atoms with van der Waals surface area (Å²) in [4.78, 5) is 4.89. The Bertz CT molecular complexity index is 781. The molecule has 6 nitrogen and oxygen atoms in total. The number of rotatable bonds is 5. The van der Waals surface area contributed by atoms with Crippen LogP contribution in [0.3, 0.4) is 0 Å². The molecule has 1 aliphatic rings. The van der Waals surface area contributed by atoms with Gasteiger partial charge in [0.1, 0.15) is 5.82 Å². The summed E-state index contributed by atoms with van der Waals surface area (Å²) < 4.78 is 25.6. The molecule has 0 amide bonds. The molecule has 1 aliphatic heterocycles. The number of sulfone groups is 1. The molecule has 124 valence electrons. The second kappa shape index (κ2) is 6.31. The van der Waals surface area contributed by atoms with Crippen molar-refractivity contribution in [3.8, 4) is 0 Å². The zero-order chi connectivity index (χ0) is 16.4. The van der Waals surface area contributed by atoms with Gasteiger partial charge in [-0.05, 0) is 30.7 Å². The Morgan fingerprint density at radius 3 is 2.65 bits per heavy atom. The maximum atomic E-state index is 11.8. The highest BCUT2D eigenvalue weighted by Gasteiger charge is 2.21. The summed E-state index contributed by atoms with van der Waals surface area (Å²) in [6.45, 7) is 4.50. The average Bonchev–Trinajstić information content (AvgIpc) is 2.98. The maximum absolute atomic E-state index is 11.8. The number of aryl methyl sites for hydroxylation is 2. The van der Waals surface area contributed by atoms with E-state index in [1.54, 1.807) is 19.1 Å². The SMILES string of the molecule is CCc1nc2n(n1)CC(Nc1ccc(S(=O)(=O)CC)cc1)CC2. The molecular weight excluding hydrogens is 312 g/mol. The van der Waals surface area contributed by atoms with Gasteiger partial charge in [-0.25, -0.2) is 18.1 Å². The first kappa shape index (κ1) is 16.0. The largest absolute Gasteiger partial charge is 0.380 e. The van der Waals surface area contributed by atoms with Crippen molar-refractivity contribution in [2.75, 3.05) is 11.1 Å². The van der Waals surface area contributed by atoms with Gasteiger partial charge in [0.15, 0.2) is 15.7 Å². The Labute approximate surface area is 136 Å². The predicted octanol–water partition coefficient (Wildman–Crippen LogP) is 2.06. The van der Waals surface area contributed by atoms with E-state index in [0.717, 1.165) is 43.1 Å². The second-order valence-corrected chi connectivity index (χ2v) is 8.07. The van der Waals surface area contributed by atoms with E-state index >= 15 is 0 Å². The smallest absolute Gasteiger partial charge is 0.178 e. The third kappa shape index (κ3) is 3.39. The second-order valence-electron chi connectivity index (χ2n) is 5.79. The summed E-state index contributed by atoms with van der Waals surface area (Å²) in [5, 5.41) is 7.97. The summed E-state index contributed by atoms with van der Waals surface area (Å²) in [6, 6.07) is 7.27. The van der Waals surface area contributed by atoms with E-state index in [4.69, 9.17) is 0 Å². The van der Waals surface area contributed by atoms with E-state index < -0.39 is 9.84 Å². The minimum absolute atomic E-state index is 0.122. The number of anilines is 1. The number of aromatic nitrogens is 3. The Kier molecular flexibility index (Phi) is 4.39. The van der Waals surface area contributed by atoms with Gasteiger partial charge in [0, 0.05) is 24.6 Å². The molecule has 7 heteroatoms. The fraction of sp³-hybridized carbons (Fsp3) is 0.500. The highest BCUT2D eigenvalue weighted by atomic mass is 32.2. The van der Waals surface area contributed by atoms with Gasteiger partial charge in [-0.2, -0.15) is 5.10 Å².